The Morgan fingerprint density at radius 3 is 2.79 bits per heavy atom. The van der Waals surface area contributed by atoms with E-state index in [1.54, 1.807) is 18.3 Å². The molecule has 2 heterocycles. The lowest BCUT2D eigenvalue weighted by Gasteiger charge is -1.97. The summed E-state index contributed by atoms with van der Waals surface area (Å²) in [6.07, 6.45) is 4.30. The molecule has 0 aliphatic carbocycles. The van der Waals surface area contributed by atoms with E-state index in [1.165, 1.54) is 11.3 Å². The number of halogens is 2. The second-order valence-electron chi connectivity index (χ2n) is 2.61. The van der Waals surface area contributed by atoms with E-state index in [-0.39, 0.29) is 0 Å². The van der Waals surface area contributed by atoms with Gasteiger partial charge in [0.1, 0.15) is 11.2 Å². The molecule has 1 radical (unpaired) electrons. The number of pyridine rings is 1. The van der Waals surface area contributed by atoms with Crippen LogP contribution in [0.5, 0.6) is 0 Å². The summed E-state index contributed by atoms with van der Waals surface area (Å²) >= 11 is 13.2. The molecule has 0 saturated heterocycles. The minimum atomic E-state index is 0.477. The van der Waals surface area contributed by atoms with Gasteiger partial charge in [-0.2, -0.15) is 0 Å². The quantitative estimate of drug-likeness (QED) is 0.833. The van der Waals surface area contributed by atoms with Gasteiger partial charge in [0.25, 0.3) is 0 Å². The molecule has 0 fully saturated rings. The number of rotatable bonds is 1. The summed E-state index contributed by atoms with van der Waals surface area (Å²) in [5.74, 6) is 0. The molecule has 0 aliphatic heterocycles. The van der Waals surface area contributed by atoms with Crippen molar-refractivity contribution < 1.29 is 0 Å². The Morgan fingerprint density at radius 2 is 2.21 bits per heavy atom. The fraction of sp³-hybridized carbons (Fsp3) is 0. The topological polar surface area (TPSA) is 38.9 Å². The number of hydrogen-bond acceptors (Lipinski definition) is 3. The van der Waals surface area contributed by atoms with Crippen LogP contribution in [0.1, 0.15) is 0 Å². The van der Waals surface area contributed by atoms with Crippen molar-refractivity contribution in [3.63, 3.8) is 0 Å². The fourth-order valence-electron chi connectivity index (χ4n) is 1.05. The lowest BCUT2D eigenvalue weighted by molar-refractivity contribution is 1.32. The molecule has 2 N–H and O–H groups in total. The Balaban J connectivity index is 2.55. The number of hydrogen-bond donors (Lipinski definition) is 1. The van der Waals surface area contributed by atoms with Gasteiger partial charge in [-0.05, 0) is 12.1 Å². The van der Waals surface area contributed by atoms with E-state index in [9.17, 15) is 0 Å². The van der Waals surface area contributed by atoms with Gasteiger partial charge in [0.05, 0.1) is 10.0 Å². The highest BCUT2D eigenvalue weighted by Gasteiger charge is 2.09. The van der Waals surface area contributed by atoms with Gasteiger partial charge in [-0.25, -0.2) is 0 Å². The average Bonchev–Trinajstić information content (AvgIpc) is 2.48. The average molecular weight is 244 g/mol. The number of nitrogens with two attached hydrogens (primary N) is 1. The molecule has 2 aromatic heterocycles. The first-order valence-corrected chi connectivity index (χ1v) is 5.33. The highest BCUT2D eigenvalue weighted by atomic mass is 35.5. The van der Waals surface area contributed by atoms with E-state index in [2.05, 4.69) is 11.2 Å². The number of nitrogens with zero attached hydrogens (tertiary/aromatic N) is 1. The van der Waals surface area contributed by atoms with Crippen LogP contribution < -0.4 is 5.73 Å². The summed E-state index contributed by atoms with van der Waals surface area (Å²) in [4.78, 5) is 4.71. The Kier molecular flexibility index (Phi) is 2.63. The van der Waals surface area contributed by atoms with E-state index in [4.69, 9.17) is 28.9 Å². The van der Waals surface area contributed by atoms with Crippen molar-refractivity contribution in [1.29, 1.82) is 0 Å². The van der Waals surface area contributed by atoms with Crippen molar-refractivity contribution in [3.8, 4) is 10.4 Å². The van der Waals surface area contributed by atoms with Gasteiger partial charge in [0, 0.05) is 16.6 Å². The minimum Gasteiger partial charge on any atom is -0.389 e. The number of aromatic nitrogens is 1. The molecule has 0 bridgehead atoms. The normalized spacial score (nSPS) is 10.4. The Labute approximate surface area is 95.3 Å². The van der Waals surface area contributed by atoms with E-state index in [0.717, 1.165) is 10.4 Å². The number of thiophene rings is 1. The van der Waals surface area contributed by atoms with Crippen LogP contribution in [0.2, 0.25) is 10.0 Å². The SMILES string of the molecule is Nc1sc(-c2ccn[c]c2Cl)cc1Cl. The van der Waals surface area contributed by atoms with Crippen LogP contribution in [0.25, 0.3) is 10.4 Å². The van der Waals surface area contributed by atoms with Crippen LogP contribution in [0, 0.1) is 6.20 Å². The van der Waals surface area contributed by atoms with Gasteiger partial charge in [-0.15, -0.1) is 11.3 Å². The third kappa shape index (κ3) is 1.71. The van der Waals surface area contributed by atoms with Gasteiger partial charge in [0.2, 0.25) is 0 Å². The maximum Gasteiger partial charge on any atom is 0.109 e. The van der Waals surface area contributed by atoms with Crippen molar-refractivity contribution >= 4 is 39.5 Å². The van der Waals surface area contributed by atoms with E-state index >= 15 is 0 Å². The molecule has 2 nitrogen and oxygen atoms in total. The smallest absolute Gasteiger partial charge is 0.109 e. The zero-order valence-electron chi connectivity index (χ0n) is 6.92. The van der Waals surface area contributed by atoms with E-state index < -0.39 is 0 Å². The van der Waals surface area contributed by atoms with Crippen LogP contribution in [0.4, 0.5) is 5.00 Å². The minimum absolute atomic E-state index is 0.477. The maximum absolute atomic E-state index is 5.93. The number of anilines is 1. The summed E-state index contributed by atoms with van der Waals surface area (Å²) in [7, 11) is 0. The zero-order valence-corrected chi connectivity index (χ0v) is 9.25. The molecule has 0 unspecified atom stereocenters. The summed E-state index contributed by atoms with van der Waals surface area (Å²) in [6, 6.07) is 3.59. The Bertz CT molecular complexity index is 448. The maximum atomic E-state index is 5.93. The van der Waals surface area contributed by atoms with Crippen LogP contribution in [-0.4, -0.2) is 4.98 Å². The lowest BCUT2D eigenvalue weighted by atomic mass is 10.2. The first-order chi connectivity index (χ1) is 6.68. The zero-order chi connectivity index (χ0) is 10.1. The molecule has 0 atom stereocenters. The largest absolute Gasteiger partial charge is 0.389 e. The van der Waals surface area contributed by atoms with E-state index in [1.807, 2.05) is 0 Å². The third-order valence-electron chi connectivity index (χ3n) is 1.69. The molecule has 71 valence electrons. The van der Waals surface area contributed by atoms with Crippen LogP contribution in [0.3, 0.4) is 0 Å². The standard InChI is InChI=1S/C9H5Cl2N2S/c10-6-3-8(14-9(6)12)5-1-2-13-4-7(5)11/h1-3H,12H2. The summed E-state index contributed by atoms with van der Waals surface area (Å²) in [6.45, 7) is 0. The third-order valence-corrected chi connectivity index (χ3v) is 3.40. The van der Waals surface area contributed by atoms with Crippen molar-refractivity contribution in [2.24, 2.45) is 0 Å². The highest BCUT2D eigenvalue weighted by molar-refractivity contribution is 7.20. The monoisotopic (exact) mass is 243 g/mol. The Morgan fingerprint density at radius 1 is 1.43 bits per heavy atom. The molecule has 14 heavy (non-hydrogen) atoms. The molecule has 0 amide bonds. The van der Waals surface area contributed by atoms with E-state index in [0.29, 0.717) is 15.0 Å². The molecule has 0 saturated carbocycles. The molecule has 2 aromatic rings. The van der Waals surface area contributed by atoms with Crippen molar-refractivity contribution in [2.75, 3.05) is 5.73 Å². The number of nitrogen functional groups attached to an aromatic ring is 1. The highest BCUT2D eigenvalue weighted by Crippen LogP contribution is 2.38. The van der Waals surface area contributed by atoms with Crippen molar-refractivity contribution in [2.45, 2.75) is 0 Å². The molecule has 2 rings (SSSR count). The second kappa shape index (κ2) is 3.77. The molecule has 0 spiro atoms. The van der Waals surface area contributed by atoms with Crippen LogP contribution in [-0.2, 0) is 0 Å². The molecule has 0 aromatic carbocycles. The van der Waals surface area contributed by atoms with Gasteiger partial charge < -0.3 is 5.73 Å². The first kappa shape index (κ1) is 9.77. The van der Waals surface area contributed by atoms with Crippen LogP contribution >= 0.6 is 34.5 Å². The summed E-state index contributed by atoms with van der Waals surface area (Å²) < 4.78 is 0. The second-order valence-corrected chi connectivity index (χ2v) is 4.48. The van der Waals surface area contributed by atoms with Gasteiger partial charge in [-0.3, -0.25) is 4.98 Å². The van der Waals surface area contributed by atoms with Crippen LogP contribution in [0.15, 0.2) is 18.3 Å². The molecule has 5 heteroatoms. The summed E-state index contributed by atoms with van der Waals surface area (Å²) in [5, 5.41) is 1.62. The predicted molar refractivity (Wildman–Crippen MR) is 60.8 cm³/mol. The van der Waals surface area contributed by atoms with Gasteiger partial charge >= 0.3 is 0 Å². The van der Waals surface area contributed by atoms with Gasteiger partial charge in [0.15, 0.2) is 0 Å². The fourth-order valence-corrected chi connectivity index (χ4v) is 2.45. The first-order valence-electron chi connectivity index (χ1n) is 3.76. The molecule has 0 aliphatic rings. The Hall–Kier alpha value is -0.770. The van der Waals surface area contributed by atoms with Crippen molar-refractivity contribution in [3.05, 3.63) is 34.6 Å². The molecular weight excluding hydrogens is 239 g/mol. The molecular formula is C9H5Cl2N2S. The lowest BCUT2D eigenvalue weighted by Crippen LogP contribution is -1.77. The van der Waals surface area contributed by atoms with Gasteiger partial charge in [-0.1, -0.05) is 23.2 Å². The van der Waals surface area contributed by atoms with Crippen molar-refractivity contribution in [1.82, 2.24) is 4.98 Å². The predicted octanol–water partition coefficient (Wildman–Crippen LogP) is 3.50. The summed E-state index contributed by atoms with van der Waals surface area (Å²) in [5.41, 5.74) is 6.50.